The van der Waals surface area contributed by atoms with Crippen LogP contribution in [0.1, 0.15) is 46.0 Å². The van der Waals surface area contributed by atoms with Gasteiger partial charge in [0.1, 0.15) is 0 Å². The van der Waals surface area contributed by atoms with Gasteiger partial charge in [-0.15, -0.1) is 0 Å². The van der Waals surface area contributed by atoms with Gasteiger partial charge in [0, 0.05) is 32.2 Å². The zero-order valence-electron chi connectivity index (χ0n) is 11.5. The topological polar surface area (TPSA) is 15.3 Å². The van der Waals surface area contributed by atoms with Gasteiger partial charge in [0.15, 0.2) is 0 Å². The van der Waals surface area contributed by atoms with Crippen LogP contribution in [-0.4, -0.2) is 37.1 Å². The normalized spacial score (nSPS) is 34.6. The Morgan fingerprint density at radius 1 is 1.35 bits per heavy atom. The second-order valence-corrected chi connectivity index (χ2v) is 6.82. The second kappa shape index (κ2) is 4.55. The zero-order chi connectivity index (χ0) is 11.9. The fraction of sp³-hybridized carbons (Fsp3) is 1.00. The lowest BCUT2D eigenvalue weighted by atomic mass is 9.95. The van der Waals surface area contributed by atoms with Crippen molar-refractivity contribution in [2.45, 2.75) is 52.0 Å². The molecule has 0 bridgehead atoms. The summed E-state index contributed by atoms with van der Waals surface area (Å²) in [5.41, 5.74) is 0.789. The molecule has 3 rings (SSSR count). The molecule has 0 aromatic rings. The Hall–Kier alpha value is -0.0800. The number of hydrogen-bond acceptors (Lipinski definition) is 2. The quantitative estimate of drug-likeness (QED) is 0.789. The predicted octanol–water partition coefficient (Wildman–Crippen LogP) is 2.50. The zero-order valence-corrected chi connectivity index (χ0v) is 11.5. The number of nitrogens with zero attached hydrogens (tertiary/aromatic N) is 1. The maximum atomic E-state index is 3.71. The Bertz CT molecular complexity index is 268. The first-order chi connectivity index (χ1) is 8.23. The molecule has 3 aliphatic rings. The molecule has 0 spiro atoms. The SMILES string of the molecule is CCC(C)C1CN(CC2(C3CC3)CC2)CCN1. The van der Waals surface area contributed by atoms with Gasteiger partial charge in [-0.2, -0.15) is 0 Å². The van der Waals surface area contributed by atoms with Crippen molar-refractivity contribution in [1.82, 2.24) is 10.2 Å². The molecular formula is C15H28N2. The van der Waals surface area contributed by atoms with Crippen LogP contribution in [0.2, 0.25) is 0 Å². The van der Waals surface area contributed by atoms with E-state index < -0.39 is 0 Å². The molecule has 17 heavy (non-hydrogen) atoms. The molecular weight excluding hydrogens is 208 g/mol. The fourth-order valence-electron chi connectivity index (χ4n) is 3.65. The van der Waals surface area contributed by atoms with E-state index in [9.17, 15) is 0 Å². The molecule has 2 atom stereocenters. The molecule has 1 saturated heterocycles. The van der Waals surface area contributed by atoms with Gasteiger partial charge in [0.05, 0.1) is 0 Å². The molecule has 0 aromatic carbocycles. The van der Waals surface area contributed by atoms with Crippen molar-refractivity contribution < 1.29 is 0 Å². The molecule has 1 aliphatic heterocycles. The molecule has 1 N–H and O–H groups in total. The number of hydrogen-bond donors (Lipinski definition) is 1. The lowest BCUT2D eigenvalue weighted by Gasteiger charge is -2.38. The van der Waals surface area contributed by atoms with Gasteiger partial charge in [-0.1, -0.05) is 20.3 Å². The van der Waals surface area contributed by atoms with E-state index in [1.807, 2.05) is 0 Å². The summed E-state index contributed by atoms with van der Waals surface area (Å²) in [5, 5.41) is 3.71. The minimum Gasteiger partial charge on any atom is -0.311 e. The standard InChI is InChI=1S/C15H28N2/c1-3-12(2)14-10-17(9-8-16-14)11-15(6-7-15)13-4-5-13/h12-14,16H,3-11H2,1-2H3. The molecule has 98 valence electrons. The molecule has 2 nitrogen and oxygen atoms in total. The van der Waals surface area contributed by atoms with Gasteiger partial charge < -0.3 is 5.32 Å². The van der Waals surface area contributed by atoms with Gasteiger partial charge in [0.25, 0.3) is 0 Å². The van der Waals surface area contributed by atoms with E-state index in [1.54, 1.807) is 0 Å². The van der Waals surface area contributed by atoms with E-state index in [0.717, 1.165) is 23.3 Å². The Kier molecular flexibility index (Phi) is 3.20. The van der Waals surface area contributed by atoms with Crippen LogP contribution in [-0.2, 0) is 0 Å². The van der Waals surface area contributed by atoms with E-state index in [1.165, 1.54) is 58.3 Å². The summed E-state index contributed by atoms with van der Waals surface area (Å²) in [5.74, 6) is 1.94. The highest BCUT2D eigenvalue weighted by Gasteiger charge is 2.54. The Morgan fingerprint density at radius 2 is 2.12 bits per heavy atom. The molecule has 2 unspecified atom stereocenters. The largest absolute Gasteiger partial charge is 0.311 e. The van der Waals surface area contributed by atoms with E-state index in [2.05, 4.69) is 24.1 Å². The highest BCUT2D eigenvalue weighted by molar-refractivity contribution is 5.06. The van der Waals surface area contributed by atoms with E-state index in [0.29, 0.717) is 0 Å². The number of rotatable bonds is 5. The molecule has 2 saturated carbocycles. The summed E-state index contributed by atoms with van der Waals surface area (Å²) in [6.07, 6.45) is 7.41. The maximum Gasteiger partial charge on any atom is 0.0221 e. The first kappa shape index (κ1) is 12.0. The van der Waals surface area contributed by atoms with Crippen molar-refractivity contribution in [2.75, 3.05) is 26.2 Å². The van der Waals surface area contributed by atoms with Crippen LogP contribution >= 0.6 is 0 Å². The maximum absolute atomic E-state index is 3.71. The third kappa shape index (κ3) is 2.53. The van der Waals surface area contributed by atoms with Crippen molar-refractivity contribution in [1.29, 1.82) is 0 Å². The highest BCUT2D eigenvalue weighted by Crippen LogP contribution is 2.61. The summed E-state index contributed by atoms with van der Waals surface area (Å²) in [4.78, 5) is 2.76. The summed E-state index contributed by atoms with van der Waals surface area (Å²) in [6.45, 7) is 9.90. The van der Waals surface area contributed by atoms with Crippen molar-refractivity contribution in [3.05, 3.63) is 0 Å². The first-order valence-electron chi connectivity index (χ1n) is 7.69. The Balaban J connectivity index is 1.53. The van der Waals surface area contributed by atoms with Crippen LogP contribution in [0.25, 0.3) is 0 Å². The molecule has 3 fully saturated rings. The predicted molar refractivity (Wildman–Crippen MR) is 72.1 cm³/mol. The van der Waals surface area contributed by atoms with Gasteiger partial charge in [-0.3, -0.25) is 4.90 Å². The third-order valence-corrected chi connectivity index (χ3v) is 5.49. The molecule has 1 heterocycles. The van der Waals surface area contributed by atoms with Gasteiger partial charge in [0.2, 0.25) is 0 Å². The van der Waals surface area contributed by atoms with Crippen LogP contribution < -0.4 is 5.32 Å². The van der Waals surface area contributed by atoms with Crippen LogP contribution in [0.4, 0.5) is 0 Å². The summed E-state index contributed by atoms with van der Waals surface area (Å²) < 4.78 is 0. The number of piperazine rings is 1. The lowest BCUT2D eigenvalue weighted by molar-refractivity contribution is 0.135. The first-order valence-corrected chi connectivity index (χ1v) is 7.69. The minimum absolute atomic E-state index is 0.740. The molecule has 0 aromatic heterocycles. The van der Waals surface area contributed by atoms with Gasteiger partial charge in [-0.05, 0) is 42.9 Å². The highest BCUT2D eigenvalue weighted by atomic mass is 15.2. The molecule has 0 radical (unpaired) electrons. The molecule has 0 amide bonds. The van der Waals surface area contributed by atoms with Crippen LogP contribution in [0.5, 0.6) is 0 Å². The minimum atomic E-state index is 0.740. The summed E-state index contributed by atoms with van der Waals surface area (Å²) in [6, 6.07) is 0.740. The van der Waals surface area contributed by atoms with Crippen LogP contribution in [0.3, 0.4) is 0 Å². The molecule has 2 heteroatoms. The summed E-state index contributed by atoms with van der Waals surface area (Å²) >= 11 is 0. The smallest absolute Gasteiger partial charge is 0.0221 e. The summed E-state index contributed by atoms with van der Waals surface area (Å²) in [7, 11) is 0. The van der Waals surface area contributed by atoms with Gasteiger partial charge >= 0.3 is 0 Å². The average molecular weight is 236 g/mol. The van der Waals surface area contributed by atoms with E-state index >= 15 is 0 Å². The lowest BCUT2D eigenvalue weighted by Crippen LogP contribution is -2.54. The Labute approximate surface area is 106 Å². The Morgan fingerprint density at radius 3 is 2.71 bits per heavy atom. The van der Waals surface area contributed by atoms with Crippen molar-refractivity contribution in [3.8, 4) is 0 Å². The fourth-order valence-corrected chi connectivity index (χ4v) is 3.65. The van der Waals surface area contributed by atoms with Crippen molar-refractivity contribution in [3.63, 3.8) is 0 Å². The third-order valence-electron chi connectivity index (χ3n) is 5.49. The average Bonchev–Trinajstić information content (AvgIpc) is 3.20. The van der Waals surface area contributed by atoms with Crippen LogP contribution in [0, 0.1) is 17.3 Å². The number of nitrogens with one attached hydrogen (secondary N) is 1. The monoisotopic (exact) mass is 236 g/mol. The van der Waals surface area contributed by atoms with E-state index in [4.69, 9.17) is 0 Å². The van der Waals surface area contributed by atoms with E-state index in [-0.39, 0.29) is 0 Å². The van der Waals surface area contributed by atoms with Crippen molar-refractivity contribution >= 4 is 0 Å². The molecule has 2 aliphatic carbocycles. The van der Waals surface area contributed by atoms with Crippen molar-refractivity contribution in [2.24, 2.45) is 17.3 Å². The van der Waals surface area contributed by atoms with Gasteiger partial charge in [-0.25, -0.2) is 0 Å². The second-order valence-electron chi connectivity index (χ2n) is 6.82. The van der Waals surface area contributed by atoms with Crippen LogP contribution in [0.15, 0.2) is 0 Å².